The molecule has 0 bridgehead atoms. The summed E-state index contributed by atoms with van der Waals surface area (Å²) < 4.78 is 102. The largest absolute Gasteiger partial charge is 0.744 e. The standard InChI is InChI=1S/C43H43N3O11S2/c1-45(2)25-10-13-29-36(20-25)57-37-21-26(46(3)4)11-14-30(37)41(29)31-15-12-27(22-39(31)59(50,51)52)58(48,49)44-33-17-9-24-19-38(54-6)42(55-7)43(56-8)40(24)28-16-18-35(53-5)34(47)23-32(28)33/h10-16,18-23,33,44H,9,17H2,1-8H3. The first kappa shape index (κ1) is 41.2. The number of hydrogen-bond donors (Lipinski definition) is 1. The van der Waals surface area contributed by atoms with E-state index < -0.39 is 41.4 Å². The highest BCUT2D eigenvalue weighted by molar-refractivity contribution is 7.89. The van der Waals surface area contributed by atoms with Crippen LogP contribution in [0.15, 0.2) is 97.9 Å². The Morgan fingerprint density at radius 2 is 1.46 bits per heavy atom. The van der Waals surface area contributed by atoms with Gasteiger partial charge in [-0.15, -0.1) is 0 Å². The highest BCUT2D eigenvalue weighted by Crippen LogP contribution is 2.51. The number of benzene rings is 4. The quantitative estimate of drug-likeness (QED) is 0.108. The summed E-state index contributed by atoms with van der Waals surface area (Å²) in [6.45, 7) is 0. The van der Waals surface area contributed by atoms with Crippen LogP contribution < -0.4 is 43.9 Å². The topological polar surface area (TPSA) is 177 Å². The molecule has 59 heavy (non-hydrogen) atoms. The van der Waals surface area contributed by atoms with Gasteiger partial charge in [-0.25, -0.2) is 26.1 Å². The summed E-state index contributed by atoms with van der Waals surface area (Å²) in [6, 6.07) is 19.5. The number of methoxy groups -OCH3 is 4. The van der Waals surface area contributed by atoms with Crippen LogP contribution in [-0.4, -0.2) is 78.0 Å². The predicted octanol–water partition coefficient (Wildman–Crippen LogP) is 5.23. The molecule has 1 atom stereocenters. The lowest BCUT2D eigenvalue weighted by Crippen LogP contribution is -2.29. The molecule has 7 rings (SSSR count). The van der Waals surface area contributed by atoms with Gasteiger partial charge in [-0.3, -0.25) is 4.79 Å². The molecule has 4 aromatic rings. The van der Waals surface area contributed by atoms with E-state index in [-0.39, 0.29) is 17.7 Å². The van der Waals surface area contributed by atoms with E-state index in [4.69, 9.17) is 23.4 Å². The molecule has 2 aliphatic carbocycles. The van der Waals surface area contributed by atoms with Gasteiger partial charge in [-0.05, 0) is 78.1 Å². The molecule has 3 aliphatic rings. The molecule has 1 N–H and O–H groups in total. The molecule has 0 saturated carbocycles. The monoisotopic (exact) mass is 841 g/mol. The molecular formula is C43H43N3O11S2. The third kappa shape index (κ3) is 7.48. The van der Waals surface area contributed by atoms with Crippen LogP contribution in [0.4, 0.5) is 5.69 Å². The van der Waals surface area contributed by atoms with Crippen LogP contribution in [0.5, 0.6) is 23.0 Å². The van der Waals surface area contributed by atoms with Crippen molar-refractivity contribution in [1.82, 2.24) is 9.30 Å². The normalized spacial score (nSPS) is 13.9. The average molecular weight is 842 g/mol. The summed E-state index contributed by atoms with van der Waals surface area (Å²) in [7, 11) is 3.37. The highest BCUT2D eigenvalue weighted by atomic mass is 32.2. The summed E-state index contributed by atoms with van der Waals surface area (Å²) in [4.78, 5) is 14.1. The average Bonchev–Trinajstić information content (AvgIpc) is 3.45. The van der Waals surface area contributed by atoms with Gasteiger partial charge in [0.25, 0.3) is 0 Å². The van der Waals surface area contributed by atoms with Crippen LogP contribution in [0.1, 0.15) is 23.6 Å². The van der Waals surface area contributed by atoms with Gasteiger partial charge < -0.3 is 32.8 Å². The summed E-state index contributed by atoms with van der Waals surface area (Å²) in [6.07, 6.45) is 0.455. The van der Waals surface area contributed by atoms with Gasteiger partial charge >= 0.3 is 0 Å². The second-order valence-corrected chi connectivity index (χ2v) is 17.5. The number of anilines is 1. The zero-order valence-electron chi connectivity index (χ0n) is 33.7. The zero-order chi connectivity index (χ0) is 42.6. The number of ether oxygens (including phenoxy) is 4. The van der Waals surface area contributed by atoms with Crippen LogP contribution >= 0.6 is 0 Å². The summed E-state index contributed by atoms with van der Waals surface area (Å²) in [5, 5.41) is 1.32. The minimum atomic E-state index is -5.29. The number of fused-ring (bicyclic) bond motifs is 5. The van der Waals surface area contributed by atoms with Gasteiger partial charge in [0, 0.05) is 65.6 Å². The molecule has 0 radical (unpaired) electrons. The second-order valence-electron chi connectivity index (χ2n) is 14.4. The first-order valence-electron chi connectivity index (χ1n) is 18.4. The fraction of sp³-hybridized carbons (Fsp3) is 0.256. The Morgan fingerprint density at radius 1 is 0.763 bits per heavy atom. The van der Waals surface area contributed by atoms with Crippen LogP contribution in [-0.2, 0) is 26.6 Å². The molecule has 0 aromatic heterocycles. The molecule has 0 amide bonds. The third-order valence-electron chi connectivity index (χ3n) is 10.5. The van der Waals surface area contributed by atoms with Gasteiger partial charge in [0.2, 0.25) is 26.6 Å². The van der Waals surface area contributed by atoms with Crippen molar-refractivity contribution < 1.29 is 44.8 Å². The number of nitrogens with zero attached hydrogens (tertiary/aromatic N) is 2. The molecule has 0 fully saturated rings. The van der Waals surface area contributed by atoms with E-state index in [9.17, 15) is 26.2 Å². The Morgan fingerprint density at radius 3 is 2.10 bits per heavy atom. The molecule has 0 saturated heterocycles. The fourth-order valence-corrected chi connectivity index (χ4v) is 9.70. The second kappa shape index (κ2) is 15.7. The van der Waals surface area contributed by atoms with E-state index >= 15 is 0 Å². The van der Waals surface area contributed by atoms with E-state index in [2.05, 4.69) is 4.72 Å². The SMILES string of the molecule is COc1cc2c(c(OC)c1OC)-c1ccc(OC)c(=O)cc1C(NS(=O)(=O)c1ccc(-c3c4ccc(=[N+](C)C)cc-4oc4cc(N(C)C)ccc34)c(S(=O)(=O)[O-])c1)CC2. The number of nitrogens with one attached hydrogen (secondary N) is 1. The first-order valence-corrected chi connectivity index (χ1v) is 21.3. The number of rotatable bonds is 10. The Balaban J connectivity index is 1.41. The number of sulfonamides is 1. The lowest BCUT2D eigenvalue weighted by Gasteiger charge is -2.22. The number of aryl methyl sites for hydroxylation is 1. The van der Waals surface area contributed by atoms with Crippen molar-refractivity contribution in [3.05, 3.63) is 106 Å². The van der Waals surface area contributed by atoms with Gasteiger partial charge in [-0.2, -0.15) is 0 Å². The summed E-state index contributed by atoms with van der Waals surface area (Å²) in [5.74, 6) is 1.45. The van der Waals surface area contributed by atoms with Crippen molar-refractivity contribution in [2.45, 2.75) is 28.7 Å². The highest BCUT2D eigenvalue weighted by Gasteiger charge is 2.32. The van der Waals surface area contributed by atoms with Crippen molar-refractivity contribution in [3.8, 4) is 56.6 Å². The Bertz CT molecular complexity index is 2990. The van der Waals surface area contributed by atoms with Crippen LogP contribution in [0.25, 0.3) is 44.5 Å². The smallest absolute Gasteiger partial charge is 0.241 e. The Labute approximate surface area is 342 Å². The Hall–Kier alpha value is -5.94. The van der Waals surface area contributed by atoms with Gasteiger partial charge in [0.15, 0.2) is 17.2 Å². The number of hydrogen-bond acceptors (Lipinski definition) is 12. The molecule has 4 aromatic carbocycles. The maximum atomic E-state index is 14.5. The molecule has 14 nitrogen and oxygen atoms in total. The maximum Gasteiger partial charge on any atom is 0.241 e. The minimum Gasteiger partial charge on any atom is -0.744 e. The van der Waals surface area contributed by atoms with Crippen LogP contribution in [0.3, 0.4) is 0 Å². The lowest BCUT2D eigenvalue weighted by atomic mass is 9.93. The van der Waals surface area contributed by atoms with E-state index in [1.165, 1.54) is 52.7 Å². The van der Waals surface area contributed by atoms with Crippen molar-refractivity contribution in [2.75, 3.05) is 61.5 Å². The van der Waals surface area contributed by atoms with E-state index in [0.717, 1.165) is 22.7 Å². The molecule has 1 unspecified atom stereocenters. The fourth-order valence-electron chi connectivity index (χ4n) is 7.64. The zero-order valence-corrected chi connectivity index (χ0v) is 35.3. The van der Waals surface area contributed by atoms with Crippen molar-refractivity contribution in [3.63, 3.8) is 0 Å². The van der Waals surface area contributed by atoms with E-state index in [1.807, 2.05) is 61.9 Å². The van der Waals surface area contributed by atoms with Crippen molar-refractivity contribution >= 4 is 36.8 Å². The van der Waals surface area contributed by atoms with E-state index in [0.29, 0.717) is 68.2 Å². The minimum absolute atomic E-state index is 0.000300. The summed E-state index contributed by atoms with van der Waals surface area (Å²) >= 11 is 0. The molecule has 1 aliphatic heterocycles. The Kier molecular flexibility index (Phi) is 11.0. The maximum absolute atomic E-state index is 14.5. The van der Waals surface area contributed by atoms with Crippen LogP contribution in [0.2, 0.25) is 0 Å². The molecule has 1 heterocycles. The van der Waals surface area contributed by atoms with Gasteiger partial charge in [0.05, 0.1) is 44.3 Å². The van der Waals surface area contributed by atoms with Gasteiger partial charge in [0.1, 0.15) is 35.6 Å². The van der Waals surface area contributed by atoms with Crippen molar-refractivity contribution in [2.24, 2.45) is 0 Å². The van der Waals surface area contributed by atoms with Gasteiger partial charge in [-0.1, -0.05) is 12.1 Å². The van der Waals surface area contributed by atoms with E-state index in [1.54, 1.807) is 24.3 Å². The summed E-state index contributed by atoms with van der Waals surface area (Å²) in [5.41, 5.74) is 3.68. The molecule has 308 valence electrons. The lowest BCUT2D eigenvalue weighted by molar-refractivity contribution is 0.324. The van der Waals surface area contributed by atoms with Crippen LogP contribution in [0, 0.1) is 0 Å². The molecule has 16 heteroatoms. The van der Waals surface area contributed by atoms with Crippen molar-refractivity contribution in [1.29, 1.82) is 0 Å². The molecule has 0 spiro atoms. The predicted molar refractivity (Wildman–Crippen MR) is 223 cm³/mol. The third-order valence-corrected chi connectivity index (χ3v) is 12.9. The molecular weight excluding hydrogens is 799 g/mol. The first-order chi connectivity index (χ1) is 28.0.